The van der Waals surface area contributed by atoms with E-state index in [2.05, 4.69) is 5.32 Å². The van der Waals surface area contributed by atoms with Gasteiger partial charge >= 0.3 is 0 Å². The Balaban J connectivity index is 2.05. The molecule has 0 aromatic heterocycles. The van der Waals surface area contributed by atoms with Crippen molar-refractivity contribution >= 4 is 22.8 Å². The molecular formula is C16H14N4O3. The topological polar surface area (TPSA) is 122 Å². The van der Waals surface area contributed by atoms with Crippen molar-refractivity contribution in [2.75, 3.05) is 17.6 Å². The van der Waals surface area contributed by atoms with E-state index in [9.17, 15) is 14.9 Å². The monoisotopic (exact) mass is 310 g/mol. The average Bonchev–Trinajstić information content (AvgIpc) is 2.55. The molecule has 0 aliphatic rings. The van der Waals surface area contributed by atoms with Crippen LogP contribution in [-0.4, -0.2) is 17.3 Å². The van der Waals surface area contributed by atoms with Crippen molar-refractivity contribution in [3.05, 3.63) is 63.7 Å². The number of para-hydroxylation sites is 1. The summed E-state index contributed by atoms with van der Waals surface area (Å²) in [5, 5.41) is 22.7. The smallest absolute Gasteiger partial charge is 0.293 e. The van der Waals surface area contributed by atoms with Crippen molar-refractivity contribution in [3.63, 3.8) is 0 Å². The van der Waals surface area contributed by atoms with Crippen molar-refractivity contribution in [1.82, 2.24) is 0 Å². The van der Waals surface area contributed by atoms with Crippen molar-refractivity contribution in [2.24, 2.45) is 0 Å². The maximum absolute atomic E-state index is 12.1. The summed E-state index contributed by atoms with van der Waals surface area (Å²) in [6, 6.07) is 12.7. The lowest BCUT2D eigenvalue weighted by Gasteiger charge is -2.08. The Bertz CT molecular complexity index is 796. The van der Waals surface area contributed by atoms with Gasteiger partial charge in [-0.3, -0.25) is 14.9 Å². The molecule has 7 heteroatoms. The number of Topliss-reactive ketones (excluding diaryl/α,β-unsaturated/α-hetero) is 1. The molecule has 0 atom stereocenters. The first-order chi connectivity index (χ1) is 11.0. The number of nitriles is 1. The van der Waals surface area contributed by atoms with Crippen molar-refractivity contribution in [2.45, 2.75) is 6.42 Å². The van der Waals surface area contributed by atoms with Gasteiger partial charge in [-0.2, -0.15) is 5.26 Å². The predicted octanol–water partition coefficient (Wildman–Crippen LogP) is 2.73. The van der Waals surface area contributed by atoms with Crippen molar-refractivity contribution in [1.29, 1.82) is 5.26 Å². The maximum Gasteiger partial charge on any atom is 0.293 e. The predicted molar refractivity (Wildman–Crippen MR) is 86.1 cm³/mol. The van der Waals surface area contributed by atoms with Crippen molar-refractivity contribution < 1.29 is 9.72 Å². The maximum atomic E-state index is 12.1. The quantitative estimate of drug-likeness (QED) is 0.366. The Morgan fingerprint density at radius 1 is 1.30 bits per heavy atom. The number of benzene rings is 2. The van der Waals surface area contributed by atoms with Crippen LogP contribution in [0.2, 0.25) is 0 Å². The van der Waals surface area contributed by atoms with Gasteiger partial charge < -0.3 is 11.1 Å². The van der Waals surface area contributed by atoms with Gasteiger partial charge in [0.05, 0.1) is 16.6 Å². The van der Waals surface area contributed by atoms with Crippen molar-refractivity contribution in [3.8, 4) is 6.07 Å². The highest BCUT2D eigenvalue weighted by molar-refractivity contribution is 6.00. The summed E-state index contributed by atoms with van der Waals surface area (Å²) < 4.78 is 0. The lowest BCUT2D eigenvalue weighted by atomic mass is 10.1. The van der Waals surface area contributed by atoms with E-state index in [1.165, 1.54) is 18.2 Å². The Morgan fingerprint density at radius 3 is 2.70 bits per heavy atom. The van der Waals surface area contributed by atoms with E-state index in [4.69, 9.17) is 11.0 Å². The third-order valence-electron chi connectivity index (χ3n) is 3.25. The molecule has 0 radical (unpaired) electrons. The molecule has 2 aromatic rings. The van der Waals surface area contributed by atoms with E-state index in [1.807, 2.05) is 6.07 Å². The van der Waals surface area contributed by atoms with E-state index in [0.717, 1.165) is 0 Å². The lowest BCUT2D eigenvalue weighted by Crippen LogP contribution is -2.11. The first-order valence-corrected chi connectivity index (χ1v) is 6.83. The second kappa shape index (κ2) is 7.04. The fraction of sp³-hybridized carbons (Fsp3) is 0.125. The molecule has 2 aromatic carbocycles. The van der Waals surface area contributed by atoms with E-state index in [0.29, 0.717) is 11.3 Å². The fourth-order valence-electron chi connectivity index (χ4n) is 2.10. The Morgan fingerprint density at radius 2 is 2.04 bits per heavy atom. The number of nitrogens with zero attached hydrogens (tertiary/aromatic N) is 2. The highest BCUT2D eigenvalue weighted by atomic mass is 16.6. The third kappa shape index (κ3) is 3.83. The summed E-state index contributed by atoms with van der Waals surface area (Å²) in [5.41, 5.74) is 6.85. The minimum atomic E-state index is -0.569. The average molecular weight is 310 g/mol. The molecule has 0 saturated heterocycles. The largest absolute Gasteiger partial charge is 0.398 e. The fourth-order valence-corrected chi connectivity index (χ4v) is 2.10. The molecule has 0 amide bonds. The van der Waals surface area contributed by atoms with Gasteiger partial charge in [0, 0.05) is 30.3 Å². The number of anilines is 2. The van der Waals surface area contributed by atoms with E-state index in [1.54, 1.807) is 24.3 Å². The van der Waals surface area contributed by atoms with Gasteiger partial charge in [0.15, 0.2) is 5.78 Å². The molecule has 3 N–H and O–H groups in total. The lowest BCUT2D eigenvalue weighted by molar-refractivity contribution is -0.384. The minimum Gasteiger partial charge on any atom is -0.398 e. The van der Waals surface area contributed by atoms with Crippen LogP contribution >= 0.6 is 0 Å². The van der Waals surface area contributed by atoms with Crippen LogP contribution < -0.4 is 11.1 Å². The molecule has 7 nitrogen and oxygen atoms in total. The number of nitro groups is 1. The number of hydrogen-bond donors (Lipinski definition) is 2. The molecule has 116 valence electrons. The second-order valence-corrected chi connectivity index (χ2v) is 4.79. The Kier molecular flexibility index (Phi) is 4.89. The van der Waals surface area contributed by atoms with Crippen LogP contribution in [-0.2, 0) is 0 Å². The number of nitrogens with one attached hydrogen (secondary N) is 1. The summed E-state index contributed by atoms with van der Waals surface area (Å²) in [6.45, 7) is 0.222. The molecular weight excluding hydrogens is 296 g/mol. The summed E-state index contributed by atoms with van der Waals surface area (Å²) in [5.74, 6) is -0.146. The van der Waals surface area contributed by atoms with Crippen LogP contribution in [0.25, 0.3) is 0 Å². The van der Waals surface area contributed by atoms with E-state index >= 15 is 0 Å². The number of ketones is 1. The number of hydrogen-bond acceptors (Lipinski definition) is 6. The number of carbonyl (C=O) groups is 1. The number of nitrogens with two attached hydrogens (primary N) is 1. The number of rotatable bonds is 6. The SMILES string of the molecule is N#Cc1ccc(NCCC(=O)c2ccccc2N)c([N+](=O)[O-])c1. The van der Waals surface area contributed by atoms with E-state index in [-0.39, 0.29) is 35.7 Å². The summed E-state index contributed by atoms with van der Waals surface area (Å²) in [7, 11) is 0. The van der Waals surface area contributed by atoms with Gasteiger partial charge in [0.2, 0.25) is 0 Å². The molecule has 2 rings (SSSR count). The molecule has 0 heterocycles. The molecule has 23 heavy (non-hydrogen) atoms. The molecule has 0 aliphatic carbocycles. The molecule has 0 aliphatic heterocycles. The molecule has 0 saturated carbocycles. The third-order valence-corrected chi connectivity index (χ3v) is 3.25. The highest BCUT2D eigenvalue weighted by Crippen LogP contribution is 2.25. The van der Waals surface area contributed by atoms with Crippen LogP contribution in [0, 0.1) is 21.4 Å². The van der Waals surface area contributed by atoms with Crippen LogP contribution in [0.3, 0.4) is 0 Å². The van der Waals surface area contributed by atoms with Crippen LogP contribution in [0.4, 0.5) is 17.1 Å². The number of nitro benzene ring substituents is 1. The van der Waals surface area contributed by atoms with Crippen LogP contribution in [0.5, 0.6) is 0 Å². The van der Waals surface area contributed by atoms with E-state index < -0.39 is 4.92 Å². The van der Waals surface area contributed by atoms with Crippen LogP contribution in [0.15, 0.2) is 42.5 Å². The molecule has 0 bridgehead atoms. The number of nitrogen functional groups attached to an aromatic ring is 1. The van der Waals surface area contributed by atoms with Gasteiger partial charge in [0.25, 0.3) is 5.69 Å². The zero-order chi connectivity index (χ0) is 16.8. The number of carbonyl (C=O) groups excluding carboxylic acids is 1. The zero-order valence-corrected chi connectivity index (χ0v) is 12.2. The summed E-state index contributed by atoms with van der Waals surface area (Å²) in [4.78, 5) is 22.5. The van der Waals surface area contributed by atoms with Gasteiger partial charge in [-0.15, -0.1) is 0 Å². The van der Waals surface area contributed by atoms with Gasteiger partial charge in [-0.25, -0.2) is 0 Å². The van der Waals surface area contributed by atoms with Gasteiger partial charge in [-0.1, -0.05) is 12.1 Å². The normalized spacial score (nSPS) is 9.87. The Hall–Kier alpha value is -3.40. The summed E-state index contributed by atoms with van der Waals surface area (Å²) in [6.07, 6.45) is 0.144. The van der Waals surface area contributed by atoms with Gasteiger partial charge in [0.1, 0.15) is 5.69 Å². The first-order valence-electron chi connectivity index (χ1n) is 6.83. The van der Waals surface area contributed by atoms with Crippen LogP contribution in [0.1, 0.15) is 22.3 Å². The standard InChI is InChI=1S/C16H14N4O3/c17-10-11-5-6-14(15(9-11)20(22)23)19-8-7-16(21)12-3-1-2-4-13(12)18/h1-6,9,19H,7-8,18H2. The minimum absolute atomic E-state index is 0.144. The zero-order valence-electron chi connectivity index (χ0n) is 12.2. The molecule has 0 spiro atoms. The molecule has 0 unspecified atom stereocenters. The molecule has 0 fully saturated rings. The first kappa shape index (κ1) is 16.0. The second-order valence-electron chi connectivity index (χ2n) is 4.79. The Labute approximate surface area is 132 Å². The van der Waals surface area contributed by atoms with Gasteiger partial charge in [-0.05, 0) is 24.3 Å². The highest BCUT2D eigenvalue weighted by Gasteiger charge is 2.15. The summed E-state index contributed by atoms with van der Waals surface area (Å²) >= 11 is 0.